The third kappa shape index (κ3) is 3.10. The van der Waals surface area contributed by atoms with Crippen LogP contribution in [0.2, 0.25) is 0 Å². The molecule has 0 saturated heterocycles. The molecule has 1 heterocycles. The summed E-state index contributed by atoms with van der Waals surface area (Å²) in [5.41, 5.74) is 3.15. The lowest BCUT2D eigenvalue weighted by Crippen LogP contribution is -2.21. The summed E-state index contributed by atoms with van der Waals surface area (Å²) in [4.78, 5) is 11.7. The Labute approximate surface area is 109 Å². The molecule has 1 aromatic rings. The average Bonchev–Trinajstić information content (AvgIpc) is 2.62. The van der Waals surface area contributed by atoms with Gasteiger partial charge in [0.25, 0.3) is 0 Å². The van der Waals surface area contributed by atoms with Crippen LogP contribution in [-0.2, 0) is 16.1 Å². The summed E-state index contributed by atoms with van der Waals surface area (Å²) in [6, 6.07) is -0.376. The standard InChI is InChI=1S/C13H23N3O2/c1-6-14-8-12-9(3)15-16(10(12)4)11(5)13(17)18-7-2/h11,14H,6-8H2,1-5H3. The highest BCUT2D eigenvalue weighted by Crippen LogP contribution is 2.18. The first-order chi connectivity index (χ1) is 8.52. The Bertz CT molecular complexity index is 413. The van der Waals surface area contributed by atoms with Gasteiger partial charge in [-0.3, -0.25) is 4.68 Å². The second kappa shape index (κ2) is 6.54. The van der Waals surface area contributed by atoms with Crippen molar-refractivity contribution in [1.82, 2.24) is 15.1 Å². The van der Waals surface area contributed by atoms with Gasteiger partial charge in [0.2, 0.25) is 0 Å². The van der Waals surface area contributed by atoms with E-state index in [9.17, 15) is 4.79 Å². The molecule has 18 heavy (non-hydrogen) atoms. The lowest BCUT2D eigenvalue weighted by molar-refractivity contribution is -0.146. The first kappa shape index (κ1) is 14.7. The minimum atomic E-state index is -0.376. The predicted octanol–water partition coefficient (Wildman–Crippen LogP) is 1.73. The van der Waals surface area contributed by atoms with Gasteiger partial charge in [-0.15, -0.1) is 0 Å². The molecule has 102 valence electrons. The number of esters is 1. The molecule has 1 unspecified atom stereocenters. The fourth-order valence-corrected chi connectivity index (χ4v) is 1.94. The third-order valence-corrected chi connectivity index (χ3v) is 3.02. The highest BCUT2D eigenvalue weighted by molar-refractivity contribution is 5.73. The van der Waals surface area contributed by atoms with Crippen molar-refractivity contribution in [3.63, 3.8) is 0 Å². The molecule has 1 atom stereocenters. The van der Waals surface area contributed by atoms with Crippen molar-refractivity contribution in [2.75, 3.05) is 13.2 Å². The molecular formula is C13H23N3O2. The van der Waals surface area contributed by atoms with Crippen LogP contribution in [0.5, 0.6) is 0 Å². The Morgan fingerprint density at radius 1 is 1.44 bits per heavy atom. The van der Waals surface area contributed by atoms with E-state index in [-0.39, 0.29) is 12.0 Å². The highest BCUT2D eigenvalue weighted by atomic mass is 16.5. The minimum absolute atomic E-state index is 0.238. The van der Waals surface area contributed by atoms with E-state index < -0.39 is 0 Å². The predicted molar refractivity (Wildman–Crippen MR) is 70.4 cm³/mol. The van der Waals surface area contributed by atoms with Crippen molar-refractivity contribution < 1.29 is 9.53 Å². The Morgan fingerprint density at radius 3 is 2.67 bits per heavy atom. The van der Waals surface area contributed by atoms with Gasteiger partial charge in [0.05, 0.1) is 12.3 Å². The van der Waals surface area contributed by atoms with E-state index >= 15 is 0 Å². The van der Waals surface area contributed by atoms with Crippen LogP contribution in [0.15, 0.2) is 0 Å². The van der Waals surface area contributed by atoms with Gasteiger partial charge in [-0.2, -0.15) is 5.10 Å². The van der Waals surface area contributed by atoms with Gasteiger partial charge >= 0.3 is 5.97 Å². The molecule has 1 aromatic heterocycles. The molecular weight excluding hydrogens is 230 g/mol. The van der Waals surface area contributed by atoms with Crippen molar-refractivity contribution in [1.29, 1.82) is 0 Å². The van der Waals surface area contributed by atoms with Gasteiger partial charge < -0.3 is 10.1 Å². The quantitative estimate of drug-likeness (QED) is 0.784. The number of nitrogens with zero attached hydrogens (tertiary/aromatic N) is 2. The van der Waals surface area contributed by atoms with Crippen LogP contribution in [0.25, 0.3) is 0 Å². The molecule has 0 amide bonds. The van der Waals surface area contributed by atoms with Crippen LogP contribution in [0.1, 0.15) is 43.8 Å². The molecule has 0 aliphatic carbocycles. The summed E-state index contributed by atoms with van der Waals surface area (Å²) in [7, 11) is 0. The van der Waals surface area contributed by atoms with Crippen LogP contribution in [-0.4, -0.2) is 28.9 Å². The monoisotopic (exact) mass is 253 g/mol. The molecule has 0 aromatic carbocycles. The molecule has 1 N–H and O–H groups in total. The Morgan fingerprint density at radius 2 is 2.11 bits per heavy atom. The van der Waals surface area contributed by atoms with Gasteiger partial charge in [0.15, 0.2) is 0 Å². The average molecular weight is 253 g/mol. The van der Waals surface area contributed by atoms with Gasteiger partial charge in [0, 0.05) is 17.8 Å². The number of aryl methyl sites for hydroxylation is 1. The molecule has 5 heteroatoms. The van der Waals surface area contributed by atoms with E-state index in [1.807, 2.05) is 27.7 Å². The topological polar surface area (TPSA) is 56.2 Å². The molecule has 0 radical (unpaired) electrons. The molecule has 0 aliphatic heterocycles. The van der Waals surface area contributed by atoms with Crippen LogP contribution < -0.4 is 5.32 Å². The summed E-state index contributed by atoms with van der Waals surface area (Å²) in [5.74, 6) is -0.238. The van der Waals surface area contributed by atoms with E-state index in [2.05, 4.69) is 17.3 Å². The molecule has 0 fully saturated rings. The molecule has 1 rings (SSSR count). The SMILES string of the molecule is CCNCc1c(C)nn(C(C)C(=O)OCC)c1C. The van der Waals surface area contributed by atoms with Crippen LogP contribution in [0, 0.1) is 13.8 Å². The second-order valence-corrected chi connectivity index (χ2v) is 4.30. The van der Waals surface area contributed by atoms with Crippen LogP contribution >= 0.6 is 0 Å². The molecule has 0 bridgehead atoms. The molecule has 0 aliphatic rings. The number of hydrogen-bond acceptors (Lipinski definition) is 4. The van der Waals surface area contributed by atoms with E-state index in [1.54, 1.807) is 4.68 Å². The maximum atomic E-state index is 11.7. The number of nitrogens with one attached hydrogen (secondary N) is 1. The maximum absolute atomic E-state index is 11.7. The number of ether oxygens (including phenoxy) is 1. The summed E-state index contributed by atoms with van der Waals surface area (Å²) in [6.07, 6.45) is 0. The number of hydrogen-bond donors (Lipinski definition) is 1. The van der Waals surface area contributed by atoms with Gasteiger partial charge in [-0.25, -0.2) is 4.79 Å². The molecule has 5 nitrogen and oxygen atoms in total. The lowest BCUT2D eigenvalue weighted by atomic mass is 10.2. The molecule has 0 spiro atoms. The summed E-state index contributed by atoms with van der Waals surface area (Å²) < 4.78 is 6.78. The van der Waals surface area contributed by atoms with E-state index in [4.69, 9.17) is 4.74 Å². The van der Waals surface area contributed by atoms with E-state index in [1.165, 1.54) is 0 Å². The van der Waals surface area contributed by atoms with Gasteiger partial charge in [-0.05, 0) is 34.2 Å². The molecule has 0 saturated carbocycles. The number of rotatable bonds is 6. The fraction of sp³-hybridized carbons (Fsp3) is 0.692. The Kier molecular flexibility index (Phi) is 5.34. The number of carbonyl (C=O) groups excluding carboxylic acids is 1. The smallest absolute Gasteiger partial charge is 0.330 e. The van der Waals surface area contributed by atoms with Crippen molar-refractivity contribution in [3.05, 3.63) is 17.0 Å². The lowest BCUT2D eigenvalue weighted by Gasteiger charge is -2.13. The van der Waals surface area contributed by atoms with Crippen molar-refractivity contribution in [3.8, 4) is 0 Å². The van der Waals surface area contributed by atoms with Gasteiger partial charge in [-0.1, -0.05) is 6.92 Å². The third-order valence-electron chi connectivity index (χ3n) is 3.02. The van der Waals surface area contributed by atoms with Crippen LogP contribution in [0.4, 0.5) is 0 Å². The first-order valence-corrected chi connectivity index (χ1v) is 6.44. The first-order valence-electron chi connectivity index (χ1n) is 6.44. The second-order valence-electron chi connectivity index (χ2n) is 4.30. The normalized spacial score (nSPS) is 12.5. The van der Waals surface area contributed by atoms with E-state index in [0.717, 1.165) is 30.0 Å². The maximum Gasteiger partial charge on any atom is 0.330 e. The number of carbonyl (C=O) groups is 1. The summed E-state index contributed by atoms with van der Waals surface area (Å²) in [5, 5.41) is 7.73. The summed E-state index contributed by atoms with van der Waals surface area (Å²) in [6.45, 7) is 11.7. The highest BCUT2D eigenvalue weighted by Gasteiger charge is 2.21. The minimum Gasteiger partial charge on any atom is -0.464 e. The largest absolute Gasteiger partial charge is 0.464 e. The van der Waals surface area contributed by atoms with Crippen molar-refractivity contribution >= 4 is 5.97 Å². The van der Waals surface area contributed by atoms with Crippen molar-refractivity contribution in [2.45, 2.75) is 47.2 Å². The van der Waals surface area contributed by atoms with Crippen molar-refractivity contribution in [2.24, 2.45) is 0 Å². The summed E-state index contributed by atoms with van der Waals surface area (Å²) >= 11 is 0. The number of aromatic nitrogens is 2. The van der Waals surface area contributed by atoms with Crippen LogP contribution in [0.3, 0.4) is 0 Å². The zero-order valence-electron chi connectivity index (χ0n) is 11.9. The Balaban J connectivity index is 2.93. The Hall–Kier alpha value is -1.36. The fourth-order valence-electron chi connectivity index (χ4n) is 1.94. The zero-order chi connectivity index (χ0) is 13.7. The zero-order valence-corrected chi connectivity index (χ0v) is 11.9. The van der Waals surface area contributed by atoms with Gasteiger partial charge in [0.1, 0.15) is 6.04 Å². The van der Waals surface area contributed by atoms with E-state index in [0.29, 0.717) is 6.61 Å².